The number of ether oxygens (including phenoxy) is 2. The standard InChI is InChI=1S/C17H17BrFNO3/c1-20(10-11-6-4-5-7-13(11)19)17(21)12-8-14(22-2)16(18)15(9-12)23-3/h4-9H,10H2,1-3H3. The first-order valence-electron chi connectivity index (χ1n) is 6.88. The average molecular weight is 382 g/mol. The third-order valence-corrected chi connectivity index (χ3v) is 4.19. The van der Waals surface area contributed by atoms with E-state index in [9.17, 15) is 9.18 Å². The van der Waals surface area contributed by atoms with E-state index >= 15 is 0 Å². The predicted molar refractivity (Wildman–Crippen MR) is 89.4 cm³/mol. The Hall–Kier alpha value is -2.08. The molecule has 0 saturated carbocycles. The van der Waals surface area contributed by atoms with Gasteiger partial charge in [-0.15, -0.1) is 0 Å². The zero-order valence-electron chi connectivity index (χ0n) is 13.1. The van der Waals surface area contributed by atoms with E-state index in [2.05, 4.69) is 15.9 Å². The molecule has 0 bridgehead atoms. The molecule has 1 amide bonds. The number of rotatable bonds is 5. The SMILES string of the molecule is COc1cc(C(=O)N(C)Cc2ccccc2F)cc(OC)c1Br. The molecule has 122 valence electrons. The minimum absolute atomic E-state index is 0.173. The van der Waals surface area contributed by atoms with Crippen LogP contribution in [-0.2, 0) is 6.54 Å². The molecule has 0 aliphatic rings. The van der Waals surface area contributed by atoms with E-state index in [0.29, 0.717) is 27.1 Å². The van der Waals surface area contributed by atoms with Gasteiger partial charge in [-0.25, -0.2) is 4.39 Å². The number of hydrogen-bond donors (Lipinski definition) is 0. The summed E-state index contributed by atoms with van der Waals surface area (Å²) in [7, 11) is 4.64. The first-order chi connectivity index (χ1) is 11.0. The second-order valence-corrected chi connectivity index (χ2v) is 5.74. The molecule has 2 aromatic carbocycles. The normalized spacial score (nSPS) is 10.3. The quantitative estimate of drug-likeness (QED) is 0.788. The van der Waals surface area contributed by atoms with Gasteiger partial charge in [0.15, 0.2) is 0 Å². The van der Waals surface area contributed by atoms with E-state index in [1.165, 1.54) is 25.2 Å². The Kier molecular flexibility index (Phi) is 5.60. The van der Waals surface area contributed by atoms with Crippen LogP contribution in [-0.4, -0.2) is 32.1 Å². The van der Waals surface area contributed by atoms with Crippen molar-refractivity contribution in [2.75, 3.05) is 21.3 Å². The van der Waals surface area contributed by atoms with Gasteiger partial charge < -0.3 is 14.4 Å². The molecule has 4 nitrogen and oxygen atoms in total. The number of halogens is 2. The molecule has 0 heterocycles. The molecule has 23 heavy (non-hydrogen) atoms. The highest BCUT2D eigenvalue weighted by Crippen LogP contribution is 2.35. The molecule has 0 fully saturated rings. The smallest absolute Gasteiger partial charge is 0.254 e. The fourth-order valence-electron chi connectivity index (χ4n) is 2.17. The lowest BCUT2D eigenvalue weighted by atomic mass is 10.1. The highest BCUT2D eigenvalue weighted by atomic mass is 79.9. The molecular weight excluding hydrogens is 365 g/mol. The first-order valence-corrected chi connectivity index (χ1v) is 7.67. The van der Waals surface area contributed by atoms with Crippen molar-refractivity contribution in [2.45, 2.75) is 6.54 Å². The van der Waals surface area contributed by atoms with E-state index < -0.39 is 0 Å². The summed E-state index contributed by atoms with van der Waals surface area (Å²) in [4.78, 5) is 14.0. The molecule has 0 unspecified atom stereocenters. The van der Waals surface area contributed by atoms with E-state index in [1.54, 1.807) is 37.4 Å². The lowest BCUT2D eigenvalue weighted by Crippen LogP contribution is -2.26. The molecule has 0 spiro atoms. The largest absolute Gasteiger partial charge is 0.495 e. The topological polar surface area (TPSA) is 38.8 Å². The van der Waals surface area contributed by atoms with Gasteiger partial charge in [0.1, 0.15) is 21.8 Å². The van der Waals surface area contributed by atoms with Gasteiger partial charge in [0.05, 0.1) is 14.2 Å². The summed E-state index contributed by atoms with van der Waals surface area (Å²) in [6.45, 7) is 0.173. The van der Waals surface area contributed by atoms with Gasteiger partial charge in [-0.2, -0.15) is 0 Å². The van der Waals surface area contributed by atoms with Crippen LogP contribution < -0.4 is 9.47 Å². The van der Waals surface area contributed by atoms with Crippen molar-refractivity contribution >= 4 is 21.8 Å². The van der Waals surface area contributed by atoms with Gasteiger partial charge in [0.2, 0.25) is 0 Å². The van der Waals surface area contributed by atoms with Gasteiger partial charge in [0.25, 0.3) is 5.91 Å². The van der Waals surface area contributed by atoms with Gasteiger partial charge in [-0.05, 0) is 34.1 Å². The molecule has 6 heteroatoms. The number of methoxy groups -OCH3 is 2. The van der Waals surface area contributed by atoms with Gasteiger partial charge in [-0.1, -0.05) is 18.2 Å². The van der Waals surface area contributed by atoms with Crippen LogP contribution in [0.5, 0.6) is 11.5 Å². The van der Waals surface area contributed by atoms with Crippen LogP contribution in [0.4, 0.5) is 4.39 Å². The lowest BCUT2D eigenvalue weighted by molar-refractivity contribution is 0.0783. The van der Waals surface area contributed by atoms with Crippen molar-refractivity contribution in [3.8, 4) is 11.5 Å². The van der Waals surface area contributed by atoms with E-state index in [0.717, 1.165) is 0 Å². The van der Waals surface area contributed by atoms with Crippen LogP contribution in [0.3, 0.4) is 0 Å². The number of carbonyl (C=O) groups excluding carboxylic acids is 1. The molecule has 2 rings (SSSR count). The number of hydrogen-bond acceptors (Lipinski definition) is 3. The molecule has 0 aliphatic carbocycles. The third kappa shape index (κ3) is 3.82. The number of carbonyl (C=O) groups is 1. The van der Waals surface area contributed by atoms with Crippen LogP contribution in [0, 0.1) is 5.82 Å². The highest BCUT2D eigenvalue weighted by molar-refractivity contribution is 9.10. The molecule has 0 aromatic heterocycles. The molecule has 0 radical (unpaired) electrons. The number of benzene rings is 2. The van der Waals surface area contributed by atoms with Crippen molar-refractivity contribution in [1.82, 2.24) is 4.90 Å². The minimum atomic E-state index is -0.335. The number of amides is 1. The molecule has 2 aromatic rings. The summed E-state index contributed by atoms with van der Waals surface area (Å²) in [5.74, 6) is 0.398. The van der Waals surface area contributed by atoms with Crippen molar-refractivity contribution in [2.24, 2.45) is 0 Å². The summed E-state index contributed by atoms with van der Waals surface area (Å²) in [6.07, 6.45) is 0. The number of nitrogens with zero attached hydrogens (tertiary/aromatic N) is 1. The molecule has 0 aliphatic heterocycles. The van der Waals surface area contributed by atoms with Crippen molar-refractivity contribution in [3.63, 3.8) is 0 Å². The summed E-state index contributed by atoms with van der Waals surface area (Å²) in [6, 6.07) is 9.62. The zero-order valence-corrected chi connectivity index (χ0v) is 14.7. The van der Waals surface area contributed by atoms with Crippen LogP contribution in [0.1, 0.15) is 15.9 Å². The van der Waals surface area contributed by atoms with Crippen molar-refractivity contribution in [3.05, 3.63) is 57.8 Å². The summed E-state index contributed by atoms with van der Waals surface area (Å²) >= 11 is 3.36. The zero-order chi connectivity index (χ0) is 17.0. The molecular formula is C17H17BrFNO3. The molecule has 0 atom stereocenters. The second kappa shape index (κ2) is 7.46. The minimum Gasteiger partial charge on any atom is -0.495 e. The van der Waals surface area contributed by atoms with Crippen LogP contribution in [0.25, 0.3) is 0 Å². The Bertz CT molecular complexity index is 696. The fraction of sp³-hybridized carbons (Fsp3) is 0.235. The Morgan fingerprint density at radius 2 is 1.74 bits per heavy atom. The Morgan fingerprint density at radius 1 is 1.17 bits per heavy atom. The van der Waals surface area contributed by atoms with Crippen molar-refractivity contribution in [1.29, 1.82) is 0 Å². The molecule has 0 saturated heterocycles. The Morgan fingerprint density at radius 3 is 2.26 bits per heavy atom. The monoisotopic (exact) mass is 381 g/mol. The van der Waals surface area contributed by atoms with Gasteiger partial charge in [0, 0.05) is 24.7 Å². The summed E-state index contributed by atoms with van der Waals surface area (Å²) < 4.78 is 24.8. The van der Waals surface area contributed by atoms with E-state index in [-0.39, 0.29) is 18.3 Å². The van der Waals surface area contributed by atoms with Gasteiger partial charge >= 0.3 is 0 Å². The lowest BCUT2D eigenvalue weighted by Gasteiger charge is -2.19. The average Bonchev–Trinajstić information content (AvgIpc) is 2.56. The van der Waals surface area contributed by atoms with Crippen molar-refractivity contribution < 1.29 is 18.7 Å². The van der Waals surface area contributed by atoms with E-state index in [4.69, 9.17) is 9.47 Å². The first kappa shape index (κ1) is 17.3. The maximum absolute atomic E-state index is 13.7. The highest BCUT2D eigenvalue weighted by Gasteiger charge is 2.18. The van der Waals surface area contributed by atoms with Crippen LogP contribution in [0.15, 0.2) is 40.9 Å². The van der Waals surface area contributed by atoms with E-state index in [1.807, 2.05) is 0 Å². The third-order valence-electron chi connectivity index (χ3n) is 3.40. The summed E-state index contributed by atoms with van der Waals surface area (Å²) in [5.41, 5.74) is 0.861. The fourth-order valence-corrected chi connectivity index (χ4v) is 2.72. The molecule has 0 N–H and O–H groups in total. The summed E-state index contributed by atoms with van der Waals surface area (Å²) in [5, 5.41) is 0. The maximum Gasteiger partial charge on any atom is 0.254 e. The van der Waals surface area contributed by atoms with Crippen LogP contribution >= 0.6 is 15.9 Å². The maximum atomic E-state index is 13.7. The van der Waals surface area contributed by atoms with Crippen LogP contribution in [0.2, 0.25) is 0 Å². The predicted octanol–water partition coefficient (Wildman–Crippen LogP) is 3.88. The van der Waals surface area contributed by atoms with Gasteiger partial charge in [-0.3, -0.25) is 4.79 Å². The Balaban J connectivity index is 2.27. The Labute approximate surface area is 142 Å². The second-order valence-electron chi connectivity index (χ2n) is 4.95.